The van der Waals surface area contributed by atoms with E-state index in [-0.39, 0.29) is 22.6 Å². The van der Waals surface area contributed by atoms with Crippen molar-refractivity contribution in [2.75, 3.05) is 11.9 Å². The monoisotopic (exact) mass is 304 g/mol. The van der Waals surface area contributed by atoms with E-state index in [0.29, 0.717) is 13.0 Å². The number of halogens is 2. The second kappa shape index (κ2) is 7.02. The first-order valence-corrected chi connectivity index (χ1v) is 6.78. The summed E-state index contributed by atoms with van der Waals surface area (Å²) in [7, 11) is 0. The maximum absolute atomic E-state index is 13.9. The van der Waals surface area contributed by atoms with Crippen molar-refractivity contribution in [1.82, 2.24) is 4.98 Å². The van der Waals surface area contributed by atoms with Gasteiger partial charge in [-0.25, -0.2) is 9.37 Å². The van der Waals surface area contributed by atoms with Gasteiger partial charge in [0.1, 0.15) is 11.2 Å². The minimum Gasteiger partial charge on any atom is -0.363 e. The van der Waals surface area contributed by atoms with E-state index < -0.39 is 5.82 Å². The second-order valence-electron chi connectivity index (χ2n) is 4.54. The zero-order valence-corrected chi connectivity index (χ0v) is 11.9. The van der Waals surface area contributed by atoms with Crippen molar-refractivity contribution < 1.29 is 4.39 Å². The van der Waals surface area contributed by atoms with E-state index >= 15 is 0 Å². The van der Waals surface area contributed by atoms with E-state index in [1.165, 1.54) is 0 Å². The van der Waals surface area contributed by atoms with Crippen molar-refractivity contribution in [3.8, 4) is 6.07 Å². The molecular formula is C15H14ClFN4. The summed E-state index contributed by atoms with van der Waals surface area (Å²) in [6.07, 6.45) is 0.635. The van der Waals surface area contributed by atoms with Crippen molar-refractivity contribution >= 4 is 17.4 Å². The van der Waals surface area contributed by atoms with E-state index in [2.05, 4.69) is 10.3 Å². The molecule has 0 radical (unpaired) electrons. The first kappa shape index (κ1) is 15.2. The van der Waals surface area contributed by atoms with Gasteiger partial charge in [0, 0.05) is 12.6 Å². The number of nitrogens with zero attached hydrogens (tertiary/aromatic N) is 2. The fourth-order valence-electron chi connectivity index (χ4n) is 1.93. The molecule has 0 aliphatic heterocycles. The lowest BCUT2D eigenvalue weighted by Gasteiger charge is -2.18. The molecule has 108 valence electrons. The highest BCUT2D eigenvalue weighted by molar-refractivity contribution is 6.30. The van der Waals surface area contributed by atoms with Gasteiger partial charge in [-0.1, -0.05) is 41.9 Å². The number of hydrogen-bond donors (Lipinski definition) is 2. The topological polar surface area (TPSA) is 74.7 Å². The summed E-state index contributed by atoms with van der Waals surface area (Å²) in [5.41, 5.74) is 6.81. The SMILES string of the molecule is N#Cc1cc(F)c(NC(CN)Cc2ccccc2)nc1Cl. The fraction of sp³-hybridized carbons (Fsp3) is 0.200. The Morgan fingerprint density at radius 3 is 2.71 bits per heavy atom. The van der Waals surface area contributed by atoms with E-state index in [9.17, 15) is 4.39 Å². The van der Waals surface area contributed by atoms with Crippen molar-refractivity contribution in [3.63, 3.8) is 0 Å². The Kier molecular flexibility index (Phi) is 5.09. The number of hydrogen-bond acceptors (Lipinski definition) is 4. The molecular weight excluding hydrogens is 291 g/mol. The van der Waals surface area contributed by atoms with Crippen LogP contribution >= 0.6 is 11.6 Å². The predicted octanol–water partition coefficient (Wildman–Crippen LogP) is 2.73. The number of aromatic nitrogens is 1. The van der Waals surface area contributed by atoms with E-state index in [4.69, 9.17) is 22.6 Å². The van der Waals surface area contributed by atoms with Crippen LogP contribution in [0.2, 0.25) is 5.15 Å². The van der Waals surface area contributed by atoms with Gasteiger partial charge in [-0.3, -0.25) is 0 Å². The van der Waals surface area contributed by atoms with Gasteiger partial charge in [0.15, 0.2) is 11.6 Å². The Hall–Kier alpha value is -2.16. The van der Waals surface area contributed by atoms with Gasteiger partial charge in [0.25, 0.3) is 0 Å². The van der Waals surface area contributed by atoms with Crippen molar-refractivity contribution in [1.29, 1.82) is 5.26 Å². The van der Waals surface area contributed by atoms with Gasteiger partial charge in [-0.05, 0) is 18.1 Å². The van der Waals surface area contributed by atoms with E-state index in [1.54, 1.807) is 6.07 Å². The van der Waals surface area contributed by atoms with Crippen LogP contribution in [0, 0.1) is 17.1 Å². The van der Waals surface area contributed by atoms with Crippen LogP contribution in [0.1, 0.15) is 11.1 Å². The summed E-state index contributed by atoms with van der Waals surface area (Å²) in [5, 5.41) is 11.7. The molecule has 0 saturated carbocycles. The zero-order valence-electron chi connectivity index (χ0n) is 11.2. The summed E-state index contributed by atoms with van der Waals surface area (Å²) >= 11 is 5.82. The number of benzene rings is 1. The number of nitrogens with two attached hydrogens (primary N) is 1. The van der Waals surface area contributed by atoms with E-state index in [0.717, 1.165) is 11.6 Å². The molecule has 1 atom stereocenters. The lowest BCUT2D eigenvalue weighted by atomic mass is 10.1. The zero-order chi connectivity index (χ0) is 15.2. The van der Waals surface area contributed by atoms with Crippen molar-refractivity contribution in [3.05, 3.63) is 58.5 Å². The summed E-state index contributed by atoms with van der Waals surface area (Å²) in [6, 6.07) is 12.4. The maximum atomic E-state index is 13.9. The Morgan fingerprint density at radius 1 is 1.38 bits per heavy atom. The Balaban J connectivity index is 2.16. The number of nitriles is 1. The van der Waals surface area contributed by atoms with Crippen LogP contribution in [0.4, 0.5) is 10.2 Å². The van der Waals surface area contributed by atoms with Crippen LogP contribution in [-0.4, -0.2) is 17.6 Å². The number of rotatable bonds is 5. The molecule has 0 amide bonds. The number of nitrogens with one attached hydrogen (secondary N) is 1. The smallest absolute Gasteiger partial charge is 0.166 e. The van der Waals surface area contributed by atoms with Crippen LogP contribution < -0.4 is 11.1 Å². The molecule has 0 bridgehead atoms. The minimum absolute atomic E-state index is 0.00498. The summed E-state index contributed by atoms with van der Waals surface area (Å²) < 4.78 is 13.9. The van der Waals surface area contributed by atoms with Crippen molar-refractivity contribution in [2.24, 2.45) is 5.73 Å². The summed E-state index contributed by atoms with van der Waals surface area (Å²) in [6.45, 7) is 0.313. The first-order chi connectivity index (χ1) is 10.1. The normalized spacial score (nSPS) is 11.7. The molecule has 21 heavy (non-hydrogen) atoms. The number of anilines is 1. The predicted molar refractivity (Wildman–Crippen MR) is 80.5 cm³/mol. The Labute approximate surface area is 127 Å². The average Bonchev–Trinajstić information content (AvgIpc) is 2.50. The Morgan fingerprint density at radius 2 is 2.10 bits per heavy atom. The van der Waals surface area contributed by atoms with Gasteiger partial charge in [-0.2, -0.15) is 5.26 Å². The lowest BCUT2D eigenvalue weighted by molar-refractivity contribution is 0.615. The van der Waals surface area contributed by atoms with Gasteiger partial charge in [-0.15, -0.1) is 0 Å². The number of pyridine rings is 1. The molecule has 0 aliphatic carbocycles. The highest BCUT2D eigenvalue weighted by Crippen LogP contribution is 2.20. The fourth-order valence-corrected chi connectivity index (χ4v) is 2.11. The van der Waals surface area contributed by atoms with Crippen LogP contribution in [0.25, 0.3) is 0 Å². The van der Waals surface area contributed by atoms with Gasteiger partial charge in [0.05, 0.1) is 5.56 Å². The quantitative estimate of drug-likeness (QED) is 0.833. The average molecular weight is 305 g/mol. The highest BCUT2D eigenvalue weighted by atomic mass is 35.5. The largest absolute Gasteiger partial charge is 0.363 e. The third-order valence-corrected chi connectivity index (χ3v) is 3.29. The summed E-state index contributed by atoms with van der Waals surface area (Å²) in [5.74, 6) is -0.618. The molecule has 1 heterocycles. The third kappa shape index (κ3) is 3.91. The third-order valence-electron chi connectivity index (χ3n) is 3.00. The first-order valence-electron chi connectivity index (χ1n) is 6.40. The molecule has 2 aromatic rings. The maximum Gasteiger partial charge on any atom is 0.166 e. The van der Waals surface area contributed by atoms with Gasteiger partial charge >= 0.3 is 0 Å². The summed E-state index contributed by atoms with van der Waals surface area (Å²) in [4.78, 5) is 3.87. The van der Waals surface area contributed by atoms with Crippen LogP contribution in [-0.2, 0) is 6.42 Å². The molecule has 2 rings (SSSR count). The molecule has 1 aromatic carbocycles. The molecule has 0 aliphatic rings. The molecule has 0 saturated heterocycles. The molecule has 6 heteroatoms. The Bertz CT molecular complexity index is 655. The van der Waals surface area contributed by atoms with Crippen LogP contribution in [0.3, 0.4) is 0 Å². The minimum atomic E-state index is -0.623. The van der Waals surface area contributed by atoms with Gasteiger partial charge in [0.2, 0.25) is 0 Å². The highest BCUT2D eigenvalue weighted by Gasteiger charge is 2.14. The van der Waals surface area contributed by atoms with Gasteiger partial charge < -0.3 is 11.1 Å². The standard InChI is InChI=1S/C15H14ClFN4/c16-14-11(8-18)7-13(17)15(21-14)20-12(9-19)6-10-4-2-1-3-5-10/h1-5,7,12H,6,9,19H2,(H,20,21). The molecule has 4 nitrogen and oxygen atoms in total. The molecule has 3 N–H and O–H groups in total. The molecule has 1 aromatic heterocycles. The molecule has 1 unspecified atom stereocenters. The lowest BCUT2D eigenvalue weighted by Crippen LogP contribution is -2.31. The van der Waals surface area contributed by atoms with Crippen LogP contribution in [0.15, 0.2) is 36.4 Å². The molecule has 0 spiro atoms. The van der Waals surface area contributed by atoms with E-state index in [1.807, 2.05) is 30.3 Å². The second-order valence-corrected chi connectivity index (χ2v) is 4.89. The van der Waals surface area contributed by atoms with Crippen molar-refractivity contribution in [2.45, 2.75) is 12.5 Å². The van der Waals surface area contributed by atoms with Crippen LogP contribution in [0.5, 0.6) is 0 Å². The molecule has 0 fully saturated rings.